The summed E-state index contributed by atoms with van der Waals surface area (Å²) in [5.74, 6) is 0.710. The van der Waals surface area contributed by atoms with Crippen molar-refractivity contribution in [2.24, 2.45) is 0 Å². The van der Waals surface area contributed by atoms with Crippen LogP contribution in [0.3, 0.4) is 0 Å². The number of amides is 1. The van der Waals surface area contributed by atoms with Gasteiger partial charge in [0.1, 0.15) is 5.82 Å². The zero-order chi connectivity index (χ0) is 21.8. The number of aromatic amines is 1. The number of nitrogens with zero attached hydrogens (tertiary/aromatic N) is 3. The van der Waals surface area contributed by atoms with Crippen LogP contribution in [0.5, 0.6) is 0 Å². The maximum atomic E-state index is 12.8. The van der Waals surface area contributed by atoms with Crippen molar-refractivity contribution >= 4 is 32.5 Å². The zero-order valence-electron chi connectivity index (χ0n) is 17.8. The first-order valence-electron chi connectivity index (χ1n) is 10.7. The van der Waals surface area contributed by atoms with Gasteiger partial charge in [-0.3, -0.25) is 9.69 Å². The van der Waals surface area contributed by atoms with Crippen molar-refractivity contribution < 1.29 is 13.2 Å². The summed E-state index contributed by atoms with van der Waals surface area (Å²) in [5.41, 5.74) is 5.66. The number of carbonyl (C=O) groups is 1. The lowest BCUT2D eigenvalue weighted by atomic mass is 10.0. The third-order valence-corrected chi connectivity index (χ3v) is 8.01. The number of rotatable bonds is 4. The molecule has 4 heterocycles. The molecular formula is C22H27N5O3S. The highest BCUT2D eigenvalue weighted by molar-refractivity contribution is 7.91. The summed E-state index contributed by atoms with van der Waals surface area (Å²) in [5, 5.41) is 8.64. The molecule has 0 radical (unpaired) electrons. The number of H-pyrrole nitrogens is 1. The summed E-state index contributed by atoms with van der Waals surface area (Å²) in [6, 6.07) is 8.01. The average Bonchev–Trinajstić information content (AvgIpc) is 3.36. The Bertz CT molecular complexity index is 1270. The van der Waals surface area contributed by atoms with Gasteiger partial charge in [0.05, 0.1) is 29.8 Å². The van der Waals surface area contributed by atoms with Crippen LogP contribution in [0.4, 0.5) is 5.82 Å². The molecule has 0 aliphatic carbocycles. The van der Waals surface area contributed by atoms with Gasteiger partial charge in [-0.05, 0) is 38.0 Å². The highest BCUT2D eigenvalue weighted by Gasteiger charge is 2.31. The third kappa shape index (κ3) is 3.99. The van der Waals surface area contributed by atoms with Gasteiger partial charge in [0.15, 0.2) is 9.84 Å². The molecule has 5 rings (SSSR count). The molecule has 164 valence electrons. The van der Waals surface area contributed by atoms with Gasteiger partial charge < -0.3 is 10.3 Å². The Kier molecular flexibility index (Phi) is 4.90. The molecule has 1 atom stereocenters. The Morgan fingerprint density at radius 3 is 2.90 bits per heavy atom. The van der Waals surface area contributed by atoms with E-state index >= 15 is 0 Å². The number of aromatic nitrogens is 3. The number of aryl methyl sites for hydroxylation is 2. The van der Waals surface area contributed by atoms with Crippen LogP contribution in [0.2, 0.25) is 0 Å². The zero-order valence-corrected chi connectivity index (χ0v) is 18.6. The van der Waals surface area contributed by atoms with E-state index in [1.807, 2.05) is 6.92 Å². The van der Waals surface area contributed by atoms with Crippen molar-refractivity contribution in [1.82, 2.24) is 19.7 Å². The minimum Gasteiger partial charge on any atom is -0.358 e. The molecule has 1 amide bonds. The molecule has 2 aliphatic heterocycles. The van der Waals surface area contributed by atoms with Crippen LogP contribution in [0.15, 0.2) is 24.3 Å². The highest BCUT2D eigenvalue weighted by atomic mass is 32.2. The van der Waals surface area contributed by atoms with Crippen LogP contribution < -0.4 is 5.32 Å². The molecule has 3 aromatic rings. The van der Waals surface area contributed by atoms with E-state index in [0.29, 0.717) is 12.2 Å². The Morgan fingerprint density at radius 2 is 2.13 bits per heavy atom. The van der Waals surface area contributed by atoms with Crippen molar-refractivity contribution in [2.75, 3.05) is 29.9 Å². The summed E-state index contributed by atoms with van der Waals surface area (Å²) in [6.45, 7) is 5.76. The Hall–Kier alpha value is -2.65. The fourth-order valence-corrected chi connectivity index (χ4v) is 6.45. The second kappa shape index (κ2) is 7.49. The first kappa shape index (κ1) is 20.3. The van der Waals surface area contributed by atoms with Gasteiger partial charge >= 0.3 is 0 Å². The van der Waals surface area contributed by atoms with Gasteiger partial charge in [-0.1, -0.05) is 11.6 Å². The van der Waals surface area contributed by atoms with Crippen molar-refractivity contribution in [1.29, 1.82) is 0 Å². The Balaban J connectivity index is 1.29. The Labute approximate surface area is 181 Å². The maximum Gasteiger partial charge on any atom is 0.239 e. The first-order valence-corrected chi connectivity index (χ1v) is 12.5. The van der Waals surface area contributed by atoms with E-state index in [0.717, 1.165) is 30.7 Å². The molecule has 1 fully saturated rings. The molecule has 0 bridgehead atoms. The molecule has 1 aromatic carbocycles. The molecule has 2 aliphatic rings. The topological polar surface area (TPSA) is 100 Å². The second-order valence-electron chi connectivity index (χ2n) is 8.81. The number of carbonyl (C=O) groups excluding carboxylic acids is 1. The number of nitrogens with one attached hydrogen (secondary N) is 2. The van der Waals surface area contributed by atoms with E-state index in [1.54, 1.807) is 10.7 Å². The summed E-state index contributed by atoms with van der Waals surface area (Å²) < 4.78 is 25.4. The SMILES string of the molecule is Cc1ccc2[nH]c3c(c2c1)CN(CC(=O)Nc1cc(C)nn1C1CCS(=O)(=O)C1)CC3. The number of benzene rings is 1. The number of sulfone groups is 1. The van der Waals surface area contributed by atoms with E-state index in [2.05, 4.69) is 45.4 Å². The molecule has 31 heavy (non-hydrogen) atoms. The summed E-state index contributed by atoms with van der Waals surface area (Å²) in [4.78, 5) is 18.5. The fourth-order valence-electron chi connectivity index (χ4n) is 4.76. The predicted molar refractivity (Wildman–Crippen MR) is 120 cm³/mol. The Morgan fingerprint density at radius 1 is 1.29 bits per heavy atom. The average molecular weight is 442 g/mol. The van der Waals surface area contributed by atoms with Crippen molar-refractivity contribution in [3.63, 3.8) is 0 Å². The summed E-state index contributed by atoms with van der Waals surface area (Å²) >= 11 is 0. The van der Waals surface area contributed by atoms with Crippen LogP contribution in [0.25, 0.3) is 10.9 Å². The van der Waals surface area contributed by atoms with E-state index < -0.39 is 9.84 Å². The largest absolute Gasteiger partial charge is 0.358 e. The molecule has 8 nitrogen and oxygen atoms in total. The van der Waals surface area contributed by atoms with Crippen LogP contribution in [0, 0.1) is 13.8 Å². The van der Waals surface area contributed by atoms with Crippen LogP contribution in [0.1, 0.15) is 35.0 Å². The second-order valence-corrected chi connectivity index (χ2v) is 11.0. The standard InChI is InChI=1S/C22H27N5O3S/c1-14-3-4-19-17(9-14)18-11-26(7-5-20(18)23-19)12-22(28)24-21-10-15(2)25-27(21)16-6-8-31(29,30)13-16/h3-4,9-10,16,23H,5-8,11-13H2,1-2H3,(H,24,28). The highest BCUT2D eigenvalue weighted by Crippen LogP contribution is 2.29. The number of fused-ring (bicyclic) bond motifs is 3. The molecular weight excluding hydrogens is 414 g/mol. The van der Waals surface area contributed by atoms with E-state index in [4.69, 9.17) is 0 Å². The normalized spacial score (nSPS) is 20.8. The predicted octanol–water partition coefficient (Wildman–Crippen LogP) is 2.34. The van der Waals surface area contributed by atoms with Crippen LogP contribution in [-0.2, 0) is 27.6 Å². The molecule has 2 aromatic heterocycles. The fraction of sp³-hybridized carbons (Fsp3) is 0.455. The molecule has 2 N–H and O–H groups in total. The van der Waals surface area contributed by atoms with E-state index in [-0.39, 0.29) is 30.0 Å². The number of anilines is 1. The van der Waals surface area contributed by atoms with Crippen LogP contribution >= 0.6 is 0 Å². The lowest BCUT2D eigenvalue weighted by Gasteiger charge is -2.26. The molecule has 1 unspecified atom stereocenters. The monoisotopic (exact) mass is 441 g/mol. The molecule has 0 saturated carbocycles. The molecule has 9 heteroatoms. The molecule has 1 saturated heterocycles. The van der Waals surface area contributed by atoms with Gasteiger partial charge in [-0.25, -0.2) is 13.1 Å². The lowest BCUT2D eigenvalue weighted by molar-refractivity contribution is -0.117. The molecule has 0 spiro atoms. The lowest BCUT2D eigenvalue weighted by Crippen LogP contribution is -2.37. The van der Waals surface area contributed by atoms with Crippen LogP contribution in [-0.4, -0.2) is 58.6 Å². The van der Waals surface area contributed by atoms with Crippen molar-refractivity contribution in [3.05, 3.63) is 46.8 Å². The van der Waals surface area contributed by atoms with Gasteiger partial charge in [-0.2, -0.15) is 5.10 Å². The van der Waals surface area contributed by atoms with Crippen molar-refractivity contribution in [3.8, 4) is 0 Å². The van der Waals surface area contributed by atoms with Crippen molar-refractivity contribution in [2.45, 2.75) is 39.3 Å². The quantitative estimate of drug-likeness (QED) is 0.647. The smallest absolute Gasteiger partial charge is 0.239 e. The van der Waals surface area contributed by atoms with Gasteiger partial charge in [0.25, 0.3) is 0 Å². The van der Waals surface area contributed by atoms with Gasteiger partial charge in [0.2, 0.25) is 5.91 Å². The number of hydrogen-bond donors (Lipinski definition) is 2. The summed E-state index contributed by atoms with van der Waals surface area (Å²) in [7, 11) is -3.03. The van der Waals surface area contributed by atoms with E-state index in [9.17, 15) is 13.2 Å². The van der Waals surface area contributed by atoms with Gasteiger partial charge in [0, 0.05) is 42.2 Å². The minimum atomic E-state index is -3.03. The summed E-state index contributed by atoms with van der Waals surface area (Å²) in [6.07, 6.45) is 1.41. The van der Waals surface area contributed by atoms with E-state index in [1.165, 1.54) is 22.2 Å². The number of hydrogen-bond acceptors (Lipinski definition) is 5. The third-order valence-electron chi connectivity index (χ3n) is 6.26. The maximum absolute atomic E-state index is 12.8. The first-order chi connectivity index (χ1) is 14.8. The van der Waals surface area contributed by atoms with Gasteiger partial charge in [-0.15, -0.1) is 0 Å². The minimum absolute atomic E-state index is 0.0753.